The molecule has 1 N–H and O–H groups in total. The summed E-state index contributed by atoms with van der Waals surface area (Å²) in [5, 5.41) is 4.37. The number of benzene rings is 2. The van der Waals surface area contributed by atoms with Crippen molar-refractivity contribution in [1.29, 1.82) is 0 Å². The standard InChI is InChI=1S/C19H15N3OS/c1-2-12-7-8-16-17(11-12)24-19(21-16)22-18(23)14-9-10-20-15-6-4-3-5-13(14)15/h3-11H,2H2,1H3,(H,21,22,23). The van der Waals surface area contributed by atoms with E-state index >= 15 is 0 Å². The third kappa shape index (κ3) is 2.63. The van der Waals surface area contributed by atoms with Crippen molar-refractivity contribution in [2.24, 2.45) is 0 Å². The molecule has 0 saturated carbocycles. The summed E-state index contributed by atoms with van der Waals surface area (Å²) in [5.41, 5.74) is 3.59. The minimum atomic E-state index is -0.164. The molecular formula is C19H15N3OS. The van der Waals surface area contributed by atoms with Gasteiger partial charge in [0.15, 0.2) is 5.13 Å². The molecule has 4 nitrogen and oxygen atoms in total. The molecule has 0 aliphatic heterocycles. The first-order valence-corrected chi connectivity index (χ1v) is 8.61. The SMILES string of the molecule is CCc1ccc2nc(NC(=O)c3ccnc4ccccc34)sc2c1. The number of para-hydroxylation sites is 1. The Bertz CT molecular complexity index is 1050. The number of hydrogen-bond donors (Lipinski definition) is 1. The lowest BCUT2D eigenvalue weighted by Crippen LogP contribution is -2.12. The zero-order chi connectivity index (χ0) is 16.5. The number of pyridine rings is 1. The second-order valence-electron chi connectivity index (χ2n) is 5.50. The number of amides is 1. The Morgan fingerprint density at radius 2 is 2.00 bits per heavy atom. The van der Waals surface area contributed by atoms with Gasteiger partial charge in [-0.1, -0.05) is 42.5 Å². The molecule has 0 saturated heterocycles. The van der Waals surface area contributed by atoms with E-state index in [4.69, 9.17) is 0 Å². The Hall–Kier alpha value is -2.79. The summed E-state index contributed by atoms with van der Waals surface area (Å²) in [5.74, 6) is -0.164. The molecule has 2 aromatic carbocycles. The van der Waals surface area contributed by atoms with Crippen molar-refractivity contribution in [3.8, 4) is 0 Å². The van der Waals surface area contributed by atoms with Crippen LogP contribution >= 0.6 is 11.3 Å². The summed E-state index contributed by atoms with van der Waals surface area (Å²) >= 11 is 1.50. The van der Waals surface area contributed by atoms with Gasteiger partial charge in [-0.25, -0.2) is 4.98 Å². The zero-order valence-electron chi connectivity index (χ0n) is 13.1. The van der Waals surface area contributed by atoms with Crippen LogP contribution in [0.2, 0.25) is 0 Å². The number of thiazole rings is 1. The summed E-state index contributed by atoms with van der Waals surface area (Å²) in [6, 6.07) is 15.6. The van der Waals surface area contributed by atoms with E-state index in [-0.39, 0.29) is 5.91 Å². The Kier molecular flexibility index (Phi) is 3.70. The third-order valence-corrected chi connectivity index (χ3v) is 4.91. The number of carbonyl (C=O) groups is 1. The molecule has 4 aromatic rings. The molecule has 1 amide bonds. The van der Waals surface area contributed by atoms with Gasteiger partial charge in [-0.3, -0.25) is 15.1 Å². The van der Waals surface area contributed by atoms with Gasteiger partial charge in [-0.2, -0.15) is 0 Å². The van der Waals surface area contributed by atoms with E-state index < -0.39 is 0 Å². The minimum Gasteiger partial charge on any atom is -0.298 e. The van der Waals surface area contributed by atoms with E-state index in [0.29, 0.717) is 10.7 Å². The van der Waals surface area contributed by atoms with Crippen LogP contribution in [-0.4, -0.2) is 15.9 Å². The number of rotatable bonds is 3. The Balaban J connectivity index is 1.68. The summed E-state index contributed by atoms with van der Waals surface area (Å²) in [4.78, 5) is 21.5. The minimum absolute atomic E-state index is 0.164. The van der Waals surface area contributed by atoms with E-state index in [0.717, 1.165) is 27.5 Å². The molecule has 5 heteroatoms. The molecule has 0 unspecified atom stereocenters. The fourth-order valence-corrected chi connectivity index (χ4v) is 3.63. The maximum absolute atomic E-state index is 12.7. The van der Waals surface area contributed by atoms with Crippen molar-refractivity contribution in [3.05, 3.63) is 65.9 Å². The molecule has 0 aliphatic carbocycles. The summed E-state index contributed by atoms with van der Waals surface area (Å²) in [6.07, 6.45) is 2.64. The first-order chi connectivity index (χ1) is 11.7. The number of carbonyl (C=O) groups excluding carboxylic acids is 1. The van der Waals surface area contributed by atoms with E-state index in [2.05, 4.69) is 34.3 Å². The highest BCUT2D eigenvalue weighted by molar-refractivity contribution is 7.22. The maximum Gasteiger partial charge on any atom is 0.258 e. The number of anilines is 1. The first-order valence-electron chi connectivity index (χ1n) is 7.79. The van der Waals surface area contributed by atoms with Crippen molar-refractivity contribution in [3.63, 3.8) is 0 Å². The van der Waals surface area contributed by atoms with Crippen LogP contribution in [0.4, 0.5) is 5.13 Å². The summed E-state index contributed by atoms with van der Waals surface area (Å²) in [7, 11) is 0. The molecule has 0 bridgehead atoms. The molecule has 24 heavy (non-hydrogen) atoms. The van der Waals surface area contributed by atoms with E-state index in [1.165, 1.54) is 16.9 Å². The molecular weight excluding hydrogens is 318 g/mol. The fraction of sp³-hybridized carbons (Fsp3) is 0.105. The van der Waals surface area contributed by atoms with Gasteiger partial charge in [0.2, 0.25) is 0 Å². The van der Waals surface area contributed by atoms with Gasteiger partial charge in [-0.15, -0.1) is 0 Å². The fourth-order valence-electron chi connectivity index (χ4n) is 2.70. The van der Waals surface area contributed by atoms with Crippen molar-refractivity contribution in [1.82, 2.24) is 9.97 Å². The molecule has 2 aromatic heterocycles. The van der Waals surface area contributed by atoms with Crippen molar-refractivity contribution >= 4 is 43.5 Å². The second-order valence-corrected chi connectivity index (χ2v) is 6.54. The lowest BCUT2D eigenvalue weighted by molar-refractivity contribution is 0.102. The summed E-state index contributed by atoms with van der Waals surface area (Å²) < 4.78 is 1.09. The quantitative estimate of drug-likeness (QED) is 0.593. The lowest BCUT2D eigenvalue weighted by Gasteiger charge is -2.05. The van der Waals surface area contributed by atoms with Crippen molar-refractivity contribution in [2.45, 2.75) is 13.3 Å². The lowest BCUT2D eigenvalue weighted by atomic mass is 10.1. The van der Waals surface area contributed by atoms with Crippen LogP contribution in [-0.2, 0) is 6.42 Å². The van der Waals surface area contributed by atoms with E-state index in [1.54, 1.807) is 12.3 Å². The van der Waals surface area contributed by atoms with Crippen LogP contribution in [0.15, 0.2) is 54.7 Å². The highest BCUT2D eigenvalue weighted by Crippen LogP contribution is 2.28. The number of nitrogens with one attached hydrogen (secondary N) is 1. The maximum atomic E-state index is 12.7. The number of hydrogen-bond acceptors (Lipinski definition) is 4. The molecule has 118 valence electrons. The monoisotopic (exact) mass is 333 g/mol. The number of aromatic nitrogens is 2. The Morgan fingerprint density at radius 1 is 1.12 bits per heavy atom. The first kappa shape index (κ1) is 14.8. The van der Waals surface area contributed by atoms with Crippen LogP contribution in [0, 0.1) is 0 Å². The zero-order valence-corrected chi connectivity index (χ0v) is 13.9. The normalized spacial score (nSPS) is 11.0. The van der Waals surface area contributed by atoms with Crippen LogP contribution in [0.25, 0.3) is 21.1 Å². The largest absolute Gasteiger partial charge is 0.298 e. The second kappa shape index (κ2) is 6.02. The average molecular weight is 333 g/mol. The van der Waals surface area contributed by atoms with Gasteiger partial charge in [0.25, 0.3) is 5.91 Å². The molecule has 0 fully saturated rings. The van der Waals surface area contributed by atoms with Gasteiger partial charge >= 0.3 is 0 Å². The van der Waals surface area contributed by atoms with Crippen LogP contribution in [0.1, 0.15) is 22.8 Å². The molecule has 0 spiro atoms. The van der Waals surface area contributed by atoms with Gasteiger partial charge in [0.1, 0.15) is 0 Å². The molecule has 2 heterocycles. The smallest absolute Gasteiger partial charge is 0.258 e. The third-order valence-electron chi connectivity index (χ3n) is 3.98. The van der Waals surface area contributed by atoms with E-state index in [9.17, 15) is 4.79 Å². The predicted octanol–water partition coefficient (Wildman–Crippen LogP) is 4.66. The van der Waals surface area contributed by atoms with Gasteiger partial charge in [0.05, 0.1) is 21.3 Å². The summed E-state index contributed by atoms with van der Waals surface area (Å²) in [6.45, 7) is 2.12. The Labute approximate surface area is 143 Å². The van der Waals surface area contributed by atoms with Crippen LogP contribution < -0.4 is 5.32 Å². The van der Waals surface area contributed by atoms with Crippen molar-refractivity contribution in [2.75, 3.05) is 5.32 Å². The van der Waals surface area contributed by atoms with Gasteiger partial charge < -0.3 is 0 Å². The van der Waals surface area contributed by atoms with Crippen LogP contribution in [0.5, 0.6) is 0 Å². The topological polar surface area (TPSA) is 54.9 Å². The number of aryl methyl sites for hydroxylation is 1. The molecule has 4 rings (SSSR count). The van der Waals surface area contributed by atoms with Crippen LogP contribution in [0.3, 0.4) is 0 Å². The predicted molar refractivity (Wildman–Crippen MR) is 98.7 cm³/mol. The average Bonchev–Trinajstić information content (AvgIpc) is 3.02. The highest BCUT2D eigenvalue weighted by atomic mass is 32.1. The number of fused-ring (bicyclic) bond motifs is 2. The molecule has 0 aliphatic rings. The van der Waals surface area contributed by atoms with E-state index in [1.807, 2.05) is 30.3 Å². The molecule has 0 radical (unpaired) electrons. The van der Waals surface area contributed by atoms with Gasteiger partial charge in [-0.05, 0) is 36.2 Å². The number of nitrogens with zero attached hydrogens (tertiary/aromatic N) is 2. The molecule has 0 atom stereocenters. The van der Waals surface area contributed by atoms with Gasteiger partial charge in [0, 0.05) is 11.6 Å². The van der Waals surface area contributed by atoms with Crippen molar-refractivity contribution < 1.29 is 4.79 Å². The Morgan fingerprint density at radius 3 is 2.88 bits per heavy atom. The highest BCUT2D eigenvalue weighted by Gasteiger charge is 2.13.